The van der Waals surface area contributed by atoms with Crippen LogP contribution in [-0.2, 0) is 9.53 Å². The van der Waals surface area contributed by atoms with Crippen LogP contribution in [0.5, 0.6) is 5.75 Å². The summed E-state index contributed by atoms with van der Waals surface area (Å²) in [4.78, 5) is 16.7. The molecule has 2 aliphatic heterocycles. The van der Waals surface area contributed by atoms with E-state index < -0.39 is 0 Å². The Bertz CT molecular complexity index is 549. The van der Waals surface area contributed by atoms with E-state index in [9.17, 15) is 4.79 Å². The second-order valence-corrected chi connectivity index (χ2v) is 6.80. The van der Waals surface area contributed by atoms with Crippen LogP contribution in [0.4, 0.5) is 0 Å². The van der Waals surface area contributed by atoms with E-state index in [2.05, 4.69) is 4.90 Å². The second-order valence-electron chi connectivity index (χ2n) is 6.39. The van der Waals surface area contributed by atoms with Crippen molar-refractivity contribution in [1.82, 2.24) is 9.80 Å². The first-order valence-corrected chi connectivity index (χ1v) is 9.09. The lowest BCUT2D eigenvalue weighted by atomic mass is 10.2. The van der Waals surface area contributed by atoms with E-state index in [0.717, 1.165) is 52.2 Å². The number of hydrogen-bond acceptors (Lipinski definition) is 4. The van der Waals surface area contributed by atoms with Crippen LogP contribution in [-0.4, -0.2) is 67.7 Å². The predicted molar refractivity (Wildman–Crippen MR) is 93.6 cm³/mol. The highest BCUT2D eigenvalue weighted by molar-refractivity contribution is 6.32. The van der Waals surface area contributed by atoms with Gasteiger partial charge >= 0.3 is 0 Å². The van der Waals surface area contributed by atoms with Crippen LogP contribution in [0.15, 0.2) is 24.3 Å². The molecule has 2 heterocycles. The molecule has 1 aromatic carbocycles. The standard InChI is InChI=1S/C18H25ClN2O3/c19-16-6-1-2-7-17(16)24-14-18(22)21-9-4-8-20(10-11-21)13-15-5-3-12-23-15/h1-2,6-7,15H,3-5,8-14H2/t15-/m1/s1. The van der Waals surface area contributed by atoms with Gasteiger partial charge in [0.2, 0.25) is 0 Å². The summed E-state index contributed by atoms with van der Waals surface area (Å²) in [5, 5.41) is 0.531. The molecule has 2 fully saturated rings. The van der Waals surface area contributed by atoms with Gasteiger partial charge in [0.1, 0.15) is 5.75 Å². The molecule has 0 spiro atoms. The number of rotatable bonds is 5. The maximum absolute atomic E-state index is 12.4. The average molecular weight is 353 g/mol. The van der Waals surface area contributed by atoms with E-state index in [4.69, 9.17) is 21.1 Å². The molecule has 2 saturated heterocycles. The van der Waals surface area contributed by atoms with Gasteiger partial charge in [-0.2, -0.15) is 0 Å². The number of amides is 1. The summed E-state index contributed by atoms with van der Waals surface area (Å²) >= 11 is 6.05. The van der Waals surface area contributed by atoms with Gasteiger partial charge in [0.15, 0.2) is 6.61 Å². The number of ether oxygens (including phenoxy) is 2. The van der Waals surface area contributed by atoms with Crippen LogP contribution in [0, 0.1) is 0 Å². The van der Waals surface area contributed by atoms with Gasteiger partial charge in [0, 0.05) is 32.8 Å². The fourth-order valence-corrected chi connectivity index (χ4v) is 3.46. The van der Waals surface area contributed by atoms with Crippen LogP contribution in [0.1, 0.15) is 19.3 Å². The van der Waals surface area contributed by atoms with Gasteiger partial charge in [-0.3, -0.25) is 9.69 Å². The summed E-state index contributed by atoms with van der Waals surface area (Å²) in [6, 6.07) is 7.23. The van der Waals surface area contributed by atoms with Gasteiger partial charge in [0.25, 0.3) is 5.91 Å². The molecule has 24 heavy (non-hydrogen) atoms. The second kappa shape index (κ2) is 8.70. The third-order valence-corrected chi connectivity index (χ3v) is 4.93. The van der Waals surface area contributed by atoms with E-state index >= 15 is 0 Å². The van der Waals surface area contributed by atoms with Crippen molar-refractivity contribution in [3.05, 3.63) is 29.3 Å². The SMILES string of the molecule is O=C(COc1ccccc1Cl)N1CCCN(C[C@H]2CCCO2)CC1. The Labute approximate surface area is 148 Å². The predicted octanol–water partition coefficient (Wildman–Crippen LogP) is 2.43. The van der Waals surface area contributed by atoms with Gasteiger partial charge in [-0.15, -0.1) is 0 Å². The van der Waals surface area contributed by atoms with Gasteiger partial charge in [-0.05, 0) is 37.9 Å². The minimum atomic E-state index is 0.0221. The number of hydrogen-bond donors (Lipinski definition) is 0. The minimum Gasteiger partial charge on any atom is -0.482 e. The van der Waals surface area contributed by atoms with Crippen LogP contribution in [0.25, 0.3) is 0 Å². The highest BCUT2D eigenvalue weighted by Gasteiger charge is 2.23. The fraction of sp³-hybridized carbons (Fsp3) is 0.611. The van der Waals surface area contributed by atoms with E-state index in [1.54, 1.807) is 12.1 Å². The first-order valence-electron chi connectivity index (χ1n) is 8.71. The van der Waals surface area contributed by atoms with Crippen molar-refractivity contribution in [1.29, 1.82) is 0 Å². The molecular weight excluding hydrogens is 328 g/mol. The van der Waals surface area contributed by atoms with E-state index in [-0.39, 0.29) is 12.5 Å². The summed E-state index contributed by atoms with van der Waals surface area (Å²) < 4.78 is 11.3. The number of halogens is 1. The Balaban J connectivity index is 1.44. The lowest BCUT2D eigenvalue weighted by molar-refractivity contribution is -0.133. The molecular formula is C18H25ClN2O3. The van der Waals surface area contributed by atoms with E-state index in [0.29, 0.717) is 16.9 Å². The lowest BCUT2D eigenvalue weighted by Gasteiger charge is -2.24. The fourth-order valence-electron chi connectivity index (χ4n) is 3.27. The quantitative estimate of drug-likeness (QED) is 0.816. The molecule has 2 aliphatic rings. The van der Waals surface area contributed by atoms with Crippen molar-refractivity contribution in [3.8, 4) is 5.75 Å². The number of para-hydroxylation sites is 1. The molecule has 0 aliphatic carbocycles. The first kappa shape index (κ1) is 17.5. The number of carbonyl (C=O) groups is 1. The number of carbonyl (C=O) groups excluding carboxylic acids is 1. The van der Waals surface area contributed by atoms with Crippen molar-refractivity contribution in [2.24, 2.45) is 0 Å². The maximum Gasteiger partial charge on any atom is 0.260 e. The van der Waals surface area contributed by atoms with Gasteiger partial charge in [-0.1, -0.05) is 23.7 Å². The van der Waals surface area contributed by atoms with Crippen molar-refractivity contribution in [2.75, 3.05) is 45.9 Å². The van der Waals surface area contributed by atoms with Gasteiger partial charge in [-0.25, -0.2) is 0 Å². The molecule has 1 aromatic rings. The van der Waals surface area contributed by atoms with Crippen LogP contribution in [0.3, 0.4) is 0 Å². The molecule has 0 saturated carbocycles. The van der Waals surface area contributed by atoms with Crippen molar-refractivity contribution in [3.63, 3.8) is 0 Å². The van der Waals surface area contributed by atoms with Crippen molar-refractivity contribution in [2.45, 2.75) is 25.4 Å². The van der Waals surface area contributed by atoms with E-state index in [1.807, 2.05) is 17.0 Å². The zero-order valence-electron chi connectivity index (χ0n) is 14.0. The highest BCUT2D eigenvalue weighted by Crippen LogP contribution is 2.23. The summed E-state index contributed by atoms with van der Waals surface area (Å²) in [5.74, 6) is 0.580. The molecule has 1 amide bonds. The molecule has 1 atom stereocenters. The Morgan fingerprint density at radius 2 is 2.08 bits per heavy atom. The Morgan fingerprint density at radius 3 is 2.88 bits per heavy atom. The first-order chi connectivity index (χ1) is 11.7. The highest BCUT2D eigenvalue weighted by atomic mass is 35.5. The van der Waals surface area contributed by atoms with Crippen LogP contribution < -0.4 is 4.74 Å². The molecule has 3 rings (SSSR count). The van der Waals surface area contributed by atoms with Gasteiger partial charge < -0.3 is 14.4 Å². The Morgan fingerprint density at radius 1 is 1.21 bits per heavy atom. The average Bonchev–Trinajstić information content (AvgIpc) is 2.98. The number of nitrogens with zero attached hydrogens (tertiary/aromatic N) is 2. The van der Waals surface area contributed by atoms with Crippen LogP contribution in [0.2, 0.25) is 5.02 Å². The lowest BCUT2D eigenvalue weighted by Crippen LogP contribution is -2.39. The Kier molecular flexibility index (Phi) is 6.35. The largest absolute Gasteiger partial charge is 0.482 e. The topological polar surface area (TPSA) is 42.0 Å². The summed E-state index contributed by atoms with van der Waals surface area (Å²) in [5.41, 5.74) is 0. The van der Waals surface area contributed by atoms with Crippen LogP contribution >= 0.6 is 11.6 Å². The van der Waals surface area contributed by atoms with Crippen molar-refractivity contribution < 1.29 is 14.3 Å². The normalized spacial score (nSPS) is 22.4. The third kappa shape index (κ3) is 4.85. The summed E-state index contributed by atoms with van der Waals surface area (Å²) in [6.45, 7) is 5.37. The molecule has 0 N–H and O–H groups in total. The summed E-state index contributed by atoms with van der Waals surface area (Å²) in [7, 11) is 0. The monoisotopic (exact) mass is 352 g/mol. The maximum atomic E-state index is 12.4. The Hall–Kier alpha value is -1.30. The molecule has 0 unspecified atom stereocenters. The molecule has 0 bridgehead atoms. The van der Waals surface area contributed by atoms with E-state index in [1.165, 1.54) is 6.42 Å². The number of benzene rings is 1. The zero-order valence-corrected chi connectivity index (χ0v) is 14.7. The molecule has 0 radical (unpaired) electrons. The molecule has 6 heteroatoms. The zero-order chi connectivity index (χ0) is 16.8. The smallest absolute Gasteiger partial charge is 0.260 e. The van der Waals surface area contributed by atoms with Gasteiger partial charge in [0.05, 0.1) is 11.1 Å². The summed E-state index contributed by atoms with van der Waals surface area (Å²) in [6.07, 6.45) is 3.69. The molecule has 5 nitrogen and oxygen atoms in total. The van der Waals surface area contributed by atoms with Crippen molar-refractivity contribution >= 4 is 17.5 Å². The third-order valence-electron chi connectivity index (χ3n) is 4.61. The molecule has 132 valence electrons. The molecule has 0 aromatic heterocycles. The minimum absolute atomic E-state index is 0.0221.